The average molecular weight is 293 g/mol. The third-order valence-electron chi connectivity index (χ3n) is 2.56. The molecule has 2 rings (SSSR count). The number of thiol groups is 1. The van der Waals surface area contributed by atoms with Crippen molar-refractivity contribution in [1.82, 2.24) is 10.3 Å². The number of aromatic nitrogens is 1. The molecule has 1 amide bonds. The van der Waals surface area contributed by atoms with Gasteiger partial charge in [0.05, 0.1) is 17.5 Å². The van der Waals surface area contributed by atoms with E-state index in [1.807, 2.05) is 36.5 Å². The number of hydrogen-bond donors (Lipinski definition) is 3. The molecular weight excluding hydrogens is 278 g/mol. The van der Waals surface area contributed by atoms with Crippen molar-refractivity contribution < 1.29 is 4.79 Å². The van der Waals surface area contributed by atoms with E-state index in [1.54, 1.807) is 11.3 Å². The summed E-state index contributed by atoms with van der Waals surface area (Å²) in [5.74, 6) is 0.130. The summed E-state index contributed by atoms with van der Waals surface area (Å²) >= 11 is 5.55. The van der Waals surface area contributed by atoms with Crippen molar-refractivity contribution >= 4 is 29.9 Å². The fourth-order valence-electron chi connectivity index (χ4n) is 1.50. The van der Waals surface area contributed by atoms with Crippen LogP contribution in [-0.4, -0.2) is 22.7 Å². The average Bonchev–Trinajstić information content (AvgIpc) is 2.93. The van der Waals surface area contributed by atoms with Gasteiger partial charge in [0, 0.05) is 11.9 Å². The maximum atomic E-state index is 11.5. The molecular formula is C13H15N3OS2. The molecule has 1 aromatic carbocycles. The van der Waals surface area contributed by atoms with E-state index < -0.39 is 6.04 Å². The van der Waals surface area contributed by atoms with Crippen LogP contribution in [0.3, 0.4) is 0 Å². The van der Waals surface area contributed by atoms with E-state index >= 15 is 0 Å². The van der Waals surface area contributed by atoms with Crippen LogP contribution in [0.5, 0.6) is 0 Å². The highest BCUT2D eigenvalue weighted by Crippen LogP contribution is 2.25. The van der Waals surface area contributed by atoms with Crippen molar-refractivity contribution in [2.45, 2.75) is 12.6 Å². The molecule has 0 saturated heterocycles. The monoisotopic (exact) mass is 293 g/mol. The van der Waals surface area contributed by atoms with E-state index in [9.17, 15) is 4.79 Å². The van der Waals surface area contributed by atoms with Crippen LogP contribution in [0.15, 0.2) is 36.5 Å². The standard InChI is InChI=1S/C13H15N3OS2/c14-10(8-18)13(17)16-7-12-15-6-11(19-12)9-4-2-1-3-5-9/h1-6,10,18H,7-8,14H2,(H,16,17). The Kier molecular flexibility index (Phi) is 4.95. The molecule has 4 nitrogen and oxygen atoms in total. The zero-order chi connectivity index (χ0) is 13.7. The van der Waals surface area contributed by atoms with E-state index in [4.69, 9.17) is 5.73 Å². The SMILES string of the molecule is NC(CS)C(=O)NCc1ncc(-c2ccccc2)s1. The molecule has 1 atom stereocenters. The Morgan fingerprint density at radius 2 is 2.16 bits per heavy atom. The molecule has 1 unspecified atom stereocenters. The minimum Gasteiger partial charge on any atom is -0.348 e. The summed E-state index contributed by atoms with van der Waals surface area (Å²) in [6.07, 6.45) is 1.82. The molecule has 100 valence electrons. The van der Waals surface area contributed by atoms with Gasteiger partial charge < -0.3 is 11.1 Å². The van der Waals surface area contributed by atoms with Crippen LogP contribution in [0.2, 0.25) is 0 Å². The molecule has 1 aromatic heterocycles. The van der Waals surface area contributed by atoms with Gasteiger partial charge in [-0.1, -0.05) is 30.3 Å². The van der Waals surface area contributed by atoms with E-state index in [-0.39, 0.29) is 5.91 Å². The van der Waals surface area contributed by atoms with Gasteiger partial charge in [0.25, 0.3) is 0 Å². The zero-order valence-corrected chi connectivity index (χ0v) is 12.0. The predicted octanol–water partition coefficient (Wildman–Crippen LogP) is 1.68. The summed E-state index contributed by atoms with van der Waals surface area (Å²) in [5.41, 5.74) is 6.70. The summed E-state index contributed by atoms with van der Waals surface area (Å²) in [7, 11) is 0. The Morgan fingerprint density at radius 3 is 2.84 bits per heavy atom. The van der Waals surface area contributed by atoms with Crippen molar-refractivity contribution in [1.29, 1.82) is 0 Å². The van der Waals surface area contributed by atoms with Crippen LogP contribution in [0.1, 0.15) is 5.01 Å². The van der Waals surface area contributed by atoms with E-state index in [1.165, 1.54) is 0 Å². The van der Waals surface area contributed by atoms with Gasteiger partial charge in [-0.3, -0.25) is 4.79 Å². The lowest BCUT2D eigenvalue weighted by atomic mass is 10.2. The minimum atomic E-state index is -0.572. The van der Waals surface area contributed by atoms with E-state index in [2.05, 4.69) is 22.9 Å². The van der Waals surface area contributed by atoms with Gasteiger partial charge in [-0.05, 0) is 5.56 Å². The Labute approximate surface area is 121 Å². The molecule has 19 heavy (non-hydrogen) atoms. The van der Waals surface area contributed by atoms with Crippen LogP contribution < -0.4 is 11.1 Å². The number of thiazole rings is 1. The van der Waals surface area contributed by atoms with Crippen LogP contribution >= 0.6 is 24.0 Å². The van der Waals surface area contributed by atoms with Crippen LogP contribution in [0.4, 0.5) is 0 Å². The lowest BCUT2D eigenvalue weighted by Gasteiger charge is -2.07. The highest BCUT2D eigenvalue weighted by molar-refractivity contribution is 7.80. The number of nitrogens with one attached hydrogen (secondary N) is 1. The van der Waals surface area contributed by atoms with Crippen LogP contribution in [0, 0.1) is 0 Å². The molecule has 3 N–H and O–H groups in total. The molecule has 0 saturated carbocycles. The number of rotatable bonds is 5. The third-order valence-corrected chi connectivity index (χ3v) is 4.00. The highest BCUT2D eigenvalue weighted by Gasteiger charge is 2.11. The summed E-state index contributed by atoms with van der Waals surface area (Å²) in [6.45, 7) is 0.401. The quantitative estimate of drug-likeness (QED) is 0.735. The smallest absolute Gasteiger partial charge is 0.238 e. The second kappa shape index (κ2) is 6.70. The molecule has 0 aliphatic heterocycles. The van der Waals surface area contributed by atoms with Gasteiger partial charge in [-0.15, -0.1) is 11.3 Å². The van der Waals surface area contributed by atoms with Crippen LogP contribution in [0.25, 0.3) is 10.4 Å². The first-order valence-corrected chi connectivity index (χ1v) is 7.30. The third kappa shape index (κ3) is 3.79. The number of benzene rings is 1. The summed E-state index contributed by atoms with van der Waals surface area (Å²) in [4.78, 5) is 16.9. The number of carbonyl (C=O) groups is 1. The fourth-order valence-corrected chi connectivity index (χ4v) is 2.53. The van der Waals surface area contributed by atoms with Gasteiger partial charge in [-0.2, -0.15) is 12.6 Å². The first-order valence-electron chi connectivity index (χ1n) is 5.85. The molecule has 0 fully saturated rings. The lowest BCUT2D eigenvalue weighted by molar-refractivity contribution is -0.122. The Balaban J connectivity index is 1.97. The highest BCUT2D eigenvalue weighted by atomic mass is 32.1. The zero-order valence-electron chi connectivity index (χ0n) is 10.2. The molecule has 0 aliphatic carbocycles. The van der Waals surface area contributed by atoms with Crippen molar-refractivity contribution in [3.8, 4) is 10.4 Å². The Bertz CT molecular complexity index is 542. The molecule has 1 heterocycles. The van der Waals surface area contributed by atoms with E-state index in [0.717, 1.165) is 15.4 Å². The van der Waals surface area contributed by atoms with Crippen molar-refractivity contribution in [2.24, 2.45) is 5.73 Å². The van der Waals surface area contributed by atoms with Gasteiger partial charge in [0.2, 0.25) is 5.91 Å². The molecule has 0 bridgehead atoms. The molecule has 0 aliphatic rings. The van der Waals surface area contributed by atoms with Crippen molar-refractivity contribution in [3.63, 3.8) is 0 Å². The van der Waals surface area contributed by atoms with Gasteiger partial charge in [-0.25, -0.2) is 4.98 Å². The maximum absolute atomic E-state index is 11.5. The van der Waals surface area contributed by atoms with Crippen LogP contribution in [-0.2, 0) is 11.3 Å². The van der Waals surface area contributed by atoms with Gasteiger partial charge in [0.15, 0.2) is 0 Å². The Morgan fingerprint density at radius 1 is 1.42 bits per heavy atom. The summed E-state index contributed by atoms with van der Waals surface area (Å²) < 4.78 is 0. The second-order valence-electron chi connectivity index (χ2n) is 3.99. The lowest BCUT2D eigenvalue weighted by Crippen LogP contribution is -2.41. The maximum Gasteiger partial charge on any atom is 0.238 e. The first-order chi connectivity index (χ1) is 9.20. The Hall–Kier alpha value is -1.37. The summed E-state index contributed by atoms with van der Waals surface area (Å²) in [6, 6.07) is 9.45. The number of carbonyl (C=O) groups excluding carboxylic acids is 1. The molecule has 2 aromatic rings. The fraction of sp³-hybridized carbons (Fsp3) is 0.231. The van der Waals surface area contributed by atoms with Crippen molar-refractivity contribution in [2.75, 3.05) is 5.75 Å². The molecule has 0 radical (unpaired) electrons. The topological polar surface area (TPSA) is 68.0 Å². The summed E-state index contributed by atoms with van der Waals surface area (Å²) in [5, 5.41) is 3.61. The largest absolute Gasteiger partial charge is 0.348 e. The molecule has 6 heteroatoms. The normalized spacial score (nSPS) is 12.1. The second-order valence-corrected chi connectivity index (χ2v) is 5.47. The number of amides is 1. The van der Waals surface area contributed by atoms with Gasteiger partial charge >= 0.3 is 0 Å². The van der Waals surface area contributed by atoms with Gasteiger partial charge in [0.1, 0.15) is 5.01 Å². The number of nitrogens with two attached hydrogens (primary N) is 1. The van der Waals surface area contributed by atoms with E-state index in [0.29, 0.717) is 12.3 Å². The van der Waals surface area contributed by atoms with Crippen molar-refractivity contribution in [3.05, 3.63) is 41.5 Å². The first kappa shape index (κ1) is 14.0. The number of nitrogens with zero attached hydrogens (tertiary/aromatic N) is 1. The predicted molar refractivity (Wildman–Crippen MR) is 81.2 cm³/mol. The molecule has 0 spiro atoms. The number of hydrogen-bond acceptors (Lipinski definition) is 5. The minimum absolute atomic E-state index is 0.202.